The number of likely N-dealkylation sites (tertiary alicyclic amines) is 1. The molecule has 0 radical (unpaired) electrons. The number of benzene rings is 1. The van der Waals surface area contributed by atoms with Crippen LogP contribution in [0.2, 0.25) is 0 Å². The predicted octanol–water partition coefficient (Wildman–Crippen LogP) is 2.14. The highest BCUT2D eigenvalue weighted by Gasteiger charge is 2.28. The summed E-state index contributed by atoms with van der Waals surface area (Å²) in [5.41, 5.74) is 0.804. The normalized spacial score (nSPS) is 15.0. The first-order valence-corrected chi connectivity index (χ1v) is 9.00. The second-order valence-corrected chi connectivity index (χ2v) is 6.71. The summed E-state index contributed by atoms with van der Waals surface area (Å²) in [6, 6.07) is 4.69. The van der Waals surface area contributed by atoms with Crippen LogP contribution in [0.3, 0.4) is 0 Å². The van der Waals surface area contributed by atoms with Crippen LogP contribution in [-0.2, 0) is 20.9 Å². The lowest BCUT2D eigenvalue weighted by Gasteiger charge is -2.32. The highest BCUT2D eigenvalue weighted by Crippen LogP contribution is 2.29. The molecule has 1 fully saturated rings. The number of alkyl halides is 2. The van der Waals surface area contributed by atoms with E-state index in [-0.39, 0.29) is 35.8 Å². The van der Waals surface area contributed by atoms with E-state index in [1.165, 1.54) is 20.3 Å². The molecule has 0 aliphatic carbocycles. The summed E-state index contributed by atoms with van der Waals surface area (Å²) < 4.78 is 39.1. The van der Waals surface area contributed by atoms with Crippen molar-refractivity contribution in [1.82, 2.24) is 9.80 Å². The van der Waals surface area contributed by atoms with Crippen LogP contribution in [0.25, 0.3) is 0 Å². The van der Waals surface area contributed by atoms with Crippen LogP contribution in [0.15, 0.2) is 18.2 Å². The Hall–Kier alpha value is -2.42. The molecule has 9 heteroatoms. The third-order valence-electron chi connectivity index (χ3n) is 4.68. The van der Waals surface area contributed by atoms with Gasteiger partial charge in [0, 0.05) is 19.6 Å². The number of likely N-dealkylation sites (N-methyl/N-ethyl adjacent to an activating group) is 1. The molecular weight excluding hydrogens is 374 g/mol. The van der Waals surface area contributed by atoms with Crippen molar-refractivity contribution in [3.05, 3.63) is 23.8 Å². The van der Waals surface area contributed by atoms with E-state index >= 15 is 0 Å². The van der Waals surface area contributed by atoms with Gasteiger partial charge in [-0.2, -0.15) is 8.78 Å². The fraction of sp³-hybridized carbons (Fsp3) is 0.579. The Balaban J connectivity index is 1.87. The lowest BCUT2D eigenvalue weighted by molar-refractivity contribution is -0.149. The second kappa shape index (κ2) is 10.2. The first-order valence-electron chi connectivity index (χ1n) is 9.00. The molecule has 1 aliphatic heterocycles. The van der Waals surface area contributed by atoms with Crippen molar-refractivity contribution in [3.63, 3.8) is 0 Å². The smallest absolute Gasteiger partial charge is 0.387 e. The van der Waals surface area contributed by atoms with Gasteiger partial charge in [-0.05, 0) is 37.6 Å². The van der Waals surface area contributed by atoms with Gasteiger partial charge in [-0.3, -0.25) is 14.5 Å². The van der Waals surface area contributed by atoms with Crippen molar-refractivity contribution in [3.8, 4) is 11.5 Å². The first kappa shape index (κ1) is 21.9. The quantitative estimate of drug-likeness (QED) is 0.623. The number of carbonyl (C=O) groups is 2. The molecule has 0 N–H and O–H groups in total. The van der Waals surface area contributed by atoms with Crippen LogP contribution in [0.1, 0.15) is 18.4 Å². The molecule has 1 aliphatic rings. The first-order chi connectivity index (χ1) is 13.3. The number of methoxy groups -OCH3 is 2. The van der Waals surface area contributed by atoms with Crippen molar-refractivity contribution in [2.75, 3.05) is 40.9 Å². The number of piperidine rings is 1. The molecule has 1 aromatic rings. The predicted molar refractivity (Wildman–Crippen MR) is 97.3 cm³/mol. The molecule has 1 heterocycles. The lowest BCUT2D eigenvalue weighted by Crippen LogP contribution is -2.44. The molecule has 0 saturated carbocycles. The van der Waals surface area contributed by atoms with E-state index < -0.39 is 6.61 Å². The minimum Gasteiger partial charge on any atom is -0.493 e. The molecular formula is C19H26F2N2O5. The number of hydrogen-bond donors (Lipinski definition) is 0. The summed E-state index contributed by atoms with van der Waals surface area (Å²) in [6.45, 7) is -1.22. The molecule has 0 atom stereocenters. The monoisotopic (exact) mass is 400 g/mol. The Morgan fingerprint density at radius 2 is 1.89 bits per heavy atom. The van der Waals surface area contributed by atoms with Crippen LogP contribution < -0.4 is 9.47 Å². The van der Waals surface area contributed by atoms with Gasteiger partial charge in [-0.1, -0.05) is 6.07 Å². The Bertz CT molecular complexity index is 678. The van der Waals surface area contributed by atoms with E-state index in [2.05, 4.69) is 4.74 Å². The topological polar surface area (TPSA) is 68.3 Å². The fourth-order valence-electron chi connectivity index (χ4n) is 3.23. The maximum Gasteiger partial charge on any atom is 0.387 e. The van der Waals surface area contributed by atoms with E-state index in [0.29, 0.717) is 32.5 Å². The summed E-state index contributed by atoms with van der Waals surface area (Å²) in [7, 11) is 4.55. The van der Waals surface area contributed by atoms with Gasteiger partial charge >= 0.3 is 12.6 Å². The van der Waals surface area contributed by atoms with Gasteiger partial charge in [0.1, 0.15) is 0 Å². The number of carbonyl (C=O) groups excluding carboxylic acids is 2. The van der Waals surface area contributed by atoms with E-state index in [9.17, 15) is 18.4 Å². The van der Waals surface area contributed by atoms with Crippen molar-refractivity contribution in [2.45, 2.75) is 26.0 Å². The molecule has 7 nitrogen and oxygen atoms in total. The van der Waals surface area contributed by atoms with Gasteiger partial charge in [-0.15, -0.1) is 0 Å². The van der Waals surface area contributed by atoms with Crippen LogP contribution in [0.5, 0.6) is 11.5 Å². The summed E-state index contributed by atoms with van der Waals surface area (Å²) in [5, 5.41) is 0. The number of esters is 1. The molecule has 2 rings (SSSR count). The van der Waals surface area contributed by atoms with Gasteiger partial charge < -0.3 is 19.1 Å². The average Bonchev–Trinajstić information content (AvgIpc) is 2.68. The fourth-order valence-corrected chi connectivity index (χ4v) is 3.23. The van der Waals surface area contributed by atoms with Crippen molar-refractivity contribution in [1.29, 1.82) is 0 Å². The van der Waals surface area contributed by atoms with Gasteiger partial charge in [0.15, 0.2) is 11.5 Å². The van der Waals surface area contributed by atoms with Gasteiger partial charge in [0.2, 0.25) is 5.91 Å². The standard InChI is InChI=1S/C19H26F2N2O5/c1-22(11-13-4-5-15(28-19(20)21)16(10-13)26-2)12-17(24)23-8-6-14(7-9-23)18(25)27-3/h4-5,10,14,19H,6-9,11-12H2,1-3H3. The van der Waals surface area contributed by atoms with Crippen LogP contribution in [0, 0.1) is 5.92 Å². The molecule has 0 bridgehead atoms. The maximum absolute atomic E-state index is 12.5. The number of ether oxygens (including phenoxy) is 3. The third-order valence-corrected chi connectivity index (χ3v) is 4.68. The number of rotatable bonds is 8. The van der Waals surface area contributed by atoms with Gasteiger partial charge in [0.25, 0.3) is 0 Å². The molecule has 0 unspecified atom stereocenters. The molecule has 28 heavy (non-hydrogen) atoms. The van der Waals surface area contributed by atoms with Crippen LogP contribution in [0.4, 0.5) is 8.78 Å². The largest absolute Gasteiger partial charge is 0.493 e. The average molecular weight is 400 g/mol. The van der Waals surface area contributed by atoms with Gasteiger partial charge in [0.05, 0.1) is 26.7 Å². The van der Waals surface area contributed by atoms with Crippen molar-refractivity contribution in [2.24, 2.45) is 5.92 Å². The number of hydrogen-bond acceptors (Lipinski definition) is 6. The molecule has 0 aromatic heterocycles. The molecule has 0 spiro atoms. The Kier molecular flexibility index (Phi) is 7.98. The summed E-state index contributed by atoms with van der Waals surface area (Å²) in [5.74, 6) is -0.211. The van der Waals surface area contributed by atoms with E-state index in [1.54, 1.807) is 24.1 Å². The van der Waals surface area contributed by atoms with E-state index in [4.69, 9.17) is 9.47 Å². The zero-order valence-electron chi connectivity index (χ0n) is 16.3. The van der Waals surface area contributed by atoms with Crippen LogP contribution in [-0.4, -0.2) is 69.2 Å². The van der Waals surface area contributed by atoms with Crippen molar-refractivity contribution < 1.29 is 32.6 Å². The summed E-state index contributed by atoms with van der Waals surface area (Å²) in [6.07, 6.45) is 1.20. The molecule has 156 valence electrons. The van der Waals surface area contributed by atoms with Gasteiger partial charge in [-0.25, -0.2) is 0 Å². The molecule has 1 amide bonds. The minimum atomic E-state index is -2.93. The highest BCUT2D eigenvalue weighted by molar-refractivity contribution is 5.79. The Labute approximate surface area is 163 Å². The number of amides is 1. The summed E-state index contributed by atoms with van der Waals surface area (Å²) >= 11 is 0. The van der Waals surface area contributed by atoms with E-state index in [0.717, 1.165) is 5.56 Å². The zero-order chi connectivity index (χ0) is 20.7. The Morgan fingerprint density at radius 3 is 2.46 bits per heavy atom. The number of nitrogens with zero attached hydrogens (tertiary/aromatic N) is 2. The second-order valence-electron chi connectivity index (χ2n) is 6.71. The van der Waals surface area contributed by atoms with E-state index in [1.807, 2.05) is 4.90 Å². The number of halogens is 2. The molecule has 1 saturated heterocycles. The third kappa shape index (κ3) is 6.05. The highest BCUT2D eigenvalue weighted by atomic mass is 19.3. The van der Waals surface area contributed by atoms with Crippen LogP contribution >= 0.6 is 0 Å². The SMILES string of the molecule is COC(=O)C1CCN(C(=O)CN(C)Cc2ccc(OC(F)F)c(OC)c2)CC1. The molecule has 1 aromatic carbocycles. The minimum absolute atomic E-state index is 0.0181. The Morgan fingerprint density at radius 1 is 1.21 bits per heavy atom. The maximum atomic E-state index is 12.5. The zero-order valence-corrected chi connectivity index (χ0v) is 16.3. The lowest BCUT2D eigenvalue weighted by atomic mass is 9.97. The summed E-state index contributed by atoms with van der Waals surface area (Å²) in [4.78, 5) is 27.6. The van der Waals surface area contributed by atoms with Crippen molar-refractivity contribution >= 4 is 11.9 Å².